The smallest absolute Gasteiger partial charge is 0.244 e. The summed E-state index contributed by atoms with van der Waals surface area (Å²) in [7, 11) is 0. The molecule has 152 valence electrons. The second-order valence-corrected chi connectivity index (χ2v) is 8.29. The van der Waals surface area contributed by atoms with Gasteiger partial charge in [0.2, 0.25) is 5.91 Å². The van der Waals surface area contributed by atoms with E-state index in [-0.39, 0.29) is 18.0 Å². The lowest BCUT2D eigenvalue weighted by Gasteiger charge is -2.10. The second-order valence-electron chi connectivity index (χ2n) is 6.44. The van der Waals surface area contributed by atoms with Gasteiger partial charge in [0.25, 0.3) is 0 Å². The topological polar surface area (TPSA) is 59.8 Å². The van der Waals surface area contributed by atoms with E-state index >= 15 is 0 Å². The highest BCUT2D eigenvalue weighted by molar-refractivity contribution is 9.10. The van der Waals surface area contributed by atoms with E-state index in [2.05, 4.69) is 31.2 Å². The molecular formula is C21H15BrF2N4OS. The number of pyridine rings is 1. The first-order valence-corrected chi connectivity index (χ1v) is 10.7. The molecule has 0 bridgehead atoms. The summed E-state index contributed by atoms with van der Waals surface area (Å²) >= 11 is 4.58. The Hall–Kier alpha value is -2.78. The van der Waals surface area contributed by atoms with E-state index < -0.39 is 11.7 Å². The van der Waals surface area contributed by atoms with Crippen LogP contribution in [0.1, 0.15) is 5.56 Å². The summed E-state index contributed by atoms with van der Waals surface area (Å²) in [5.41, 5.74) is 2.28. The molecule has 2 aromatic heterocycles. The van der Waals surface area contributed by atoms with Crippen molar-refractivity contribution in [1.82, 2.24) is 14.5 Å². The van der Waals surface area contributed by atoms with Crippen LogP contribution in [0, 0.1) is 11.6 Å². The van der Waals surface area contributed by atoms with Gasteiger partial charge in [0.1, 0.15) is 18.2 Å². The molecular weight excluding hydrogens is 474 g/mol. The lowest BCUT2D eigenvalue weighted by molar-refractivity contribution is -0.116. The molecule has 30 heavy (non-hydrogen) atoms. The summed E-state index contributed by atoms with van der Waals surface area (Å²) in [5, 5.41) is 3.18. The van der Waals surface area contributed by atoms with Gasteiger partial charge in [-0.05, 0) is 42.0 Å². The molecule has 0 aliphatic rings. The fourth-order valence-corrected chi connectivity index (χ4v) is 4.20. The van der Waals surface area contributed by atoms with Gasteiger partial charge in [0.15, 0.2) is 5.16 Å². The number of carbonyl (C=O) groups is 1. The van der Waals surface area contributed by atoms with Gasteiger partial charge in [-0.2, -0.15) is 0 Å². The van der Waals surface area contributed by atoms with Crippen LogP contribution in [0.5, 0.6) is 0 Å². The van der Waals surface area contributed by atoms with Gasteiger partial charge in [0, 0.05) is 16.4 Å². The van der Waals surface area contributed by atoms with Crippen LogP contribution >= 0.6 is 27.7 Å². The van der Waals surface area contributed by atoms with Crippen molar-refractivity contribution in [2.24, 2.45) is 0 Å². The van der Waals surface area contributed by atoms with Crippen LogP contribution in [-0.2, 0) is 17.1 Å². The summed E-state index contributed by atoms with van der Waals surface area (Å²) in [6.45, 7) is -0.0663. The van der Waals surface area contributed by atoms with Crippen molar-refractivity contribution in [3.8, 4) is 0 Å². The fourth-order valence-electron chi connectivity index (χ4n) is 2.91. The minimum Gasteiger partial charge on any atom is -0.322 e. The zero-order chi connectivity index (χ0) is 21.1. The highest BCUT2D eigenvalue weighted by atomic mass is 79.9. The van der Waals surface area contributed by atoms with Crippen LogP contribution in [0.3, 0.4) is 0 Å². The molecule has 0 spiro atoms. The monoisotopic (exact) mass is 488 g/mol. The number of amides is 1. The van der Waals surface area contributed by atoms with Crippen LogP contribution < -0.4 is 5.32 Å². The summed E-state index contributed by atoms with van der Waals surface area (Å²) in [5.74, 6) is -0.749. The summed E-state index contributed by atoms with van der Waals surface area (Å²) in [6.07, 6.45) is 3.25. The number of nitrogens with one attached hydrogen (secondary N) is 1. The number of fused-ring (bicyclic) bond motifs is 1. The van der Waals surface area contributed by atoms with Crippen LogP contribution in [0.25, 0.3) is 11.0 Å². The van der Waals surface area contributed by atoms with Crippen LogP contribution in [-0.4, -0.2) is 20.4 Å². The summed E-state index contributed by atoms with van der Waals surface area (Å²) in [4.78, 5) is 21.3. The molecule has 0 fully saturated rings. The Kier molecular flexibility index (Phi) is 6.10. The number of aromatic nitrogens is 3. The van der Waals surface area contributed by atoms with E-state index in [4.69, 9.17) is 0 Å². The zero-order valence-electron chi connectivity index (χ0n) is 15.5. The summed E-state index contributed by atoms with van der Waals surface area (Å²) in [6, 6.07) is 12.5. The maximum absolute atomic E-state index is 14.1. The van der Waals surface area contributed by atoms with Crippen molar-refractivity contribution < 1.29 is 13.6 Å². The first-order valence-electron chi connectivity index (χ1n) is 8.92. The summed E-state index contributed by atoms with van der Waals surface area (Å²) < 4.78 is 29.8. The molecule has 9 heteroatoms. The van der Waals surface area contributed by atoms with Crippen molar-refractivity contribution in [2.75, 3.05) is 5.32 Å². The molecule has 0 saturated carbocycles. The molecule has 2 heterocycles. The number of imidazole rings is 1. The molecule has 0 aliphatic heterocycles. The van der Waals surface area contributed by atoms with E-state index in [1.807, 2.05) is 6.07 Å². The van der Waals surface area contributed by atoms with Gasteiger partial charge in [0.05, 0.1) is 22.9 Å². The van der Waals surface area contributed by atoms with E-state index in [1.54, 1.807) is 35.2 Å². The van der Waals surface area contributed by atoms with Gasteiger partial charge in [-0.15, -0.1) is 0 Å². The Bertz CT molecular complexity index is 1230. The first-order chi connectivity index (χ1) is 14.5. The van der Waals surface area contributed by atoms with Crippen molar-refractivity contribution in [3.05, 3.63) is 82.6 Å². The number of rotatable bonds is 6. The predicted octanol–water partition coefficient (Wildman–Crippen LogP) is 5.40. The van der Waals surface area contributed by atoms with Gasteiger partial charge in [-0.3, -0.25) is 9.78 Å². The molecule has 0 unspecified atom stereocenters. The van der Waals surface area contributed by atoms with Crippen LogP contribution in [0.2, 0.25) is 0 Å². The van der Waals surface area contributed by atoms with E-state index in [0.29, 0.717) is 26.4 Å². The van der Waals surface area contributed by atoms with Gasteiger partial charge < -0.3 is 9.88 Å². The van der Waals surface area contributed by atoms with Crippen LogP contribution in [0.15, 0.2) is 70.6 Å². The number of nitrogens with zero attached hydrogens (tertiary/aromatic N) is 3. The van der Waals surface area contributed by atoms with Crippen molar-refractivity contribution in [2.45, 2.75) is 17.5 Å². The third-order valence-corrected chi connectivity index (χ3v) is 5.82. The molecule has 2 aromatic carbocycles. The van der Waals surface area contributed by atoms with E-state index in [0.717, 1.165) is 5.56 Å². The number of thioether (sulfide) groups is 1. The van der Waals surface area contributed by atoms with Crippen molar-refractivity contribution in [3.63, 3.8) is 0 Å². The minimum atomic E-state index is -0.532. The lowest BCUT2D eigenvalue weighted by Crippen LogP contribution is -2.20. The Morgan fingerprint density at radius 3 is 2.83 bits per heavy atom. The molecule has 1 amide bonds. The third kappa shape index (κ3) is 4.68. The molecule has 4 rings (SSSR count). The standard InChI is InChI=1S/C21H15BrF2N4OS/c22-14-4-5-17(16(24)9-14)26-20(29)11-28-19-10-25-7-6-18(19)27-21(28)30-12-13-2-1-3-15(23)8-13/h1-10H,11-12H2,(H,26,29). The highest BCUT2D eigenvalue weighted by Crippen LogP contribution is 2.27. The number of carbonyl (C=O) groups excluding carboxylic acids is 1. The van der Waals surface area contributed by atoms with Crippen LogP contribution in [0.4, 0.5) is 14.5 Å². The predicted molar refractivity (Wildman–Crippen MR) is 116 cm³/mol. The fraction of sp³-hybridized carbons (Fsp3) is 0.0952. The number of benzene rings is 2. The lowest BCUT2D eigenvalue weighted by atomic mass is 10.2. The number of anilines is 1. The SMILES string of the molecule is O=C(Cn1c(SCc2cccc(F)c2)nc2ccncc21)Nc1ccc(Br)cc1F. The molecule has 0 radical (unpaired) electrons. The van der Waals surface area contributed by atoms with Crippen molar-refractivity contribution in [1.29, 1.82) is 0 Å². The average molecular weight is 489 g/mol. The quantitative estimate of drug-likeness (QED) is 0.369. The second kappa shape index (κ2) is 8.93. The Labute approximate surface area is 183 Å². The Morgan fingerprint density at radius 2 is 2.03 bits per heavy atom. The Morgan fingerprint density at radius 1 is 1.17 bits per heavy atom. The Balaban J connectivity index is 1.57. The number of halogens is 3. The number of hydrogen-bond acceptors (Lipinski definition) is 4. The van der Waals surface area contributed by atoms with E-state index in [1.165, 1.54) is 36.0 Å². The largest absolute Gasteiger partial charge is 0.322 e. The van der Waals surface area contributed by atoms with E-state index in [9.17, 15) is 13.6 Å². The maximum atomic E-state index is 14.1. The zero-order valence-corrected chi connectivity index (χ0v) is 17.9. The number of hydrogen-bond donors (Lipinski definition) is 1. The van der Waals surface area contributed by atoms with Crippen molar-refractivity contribution >= 4 is 50.3 Å². The normalized spacial score (nSPS) is 11.0. The van der Waals surface area contributed by atoms with Gasteiger partial charge in [-0.25, -0.2) is 13.8 Å². The molecule has 4 aromatic rings. The third-order valence-electron chi connectivity index (χ3n) is 4.28. The average Bonchev–Trinajstić information content (AvgIpc) is 3.06. The molecule has 1 N–H and O–H groups in total. The van der Waals surface area contributed by atoms with Gasteiger partial charge in [-0.1, -0.05) is 39.8 Å². The maximum Gasteiger partial charge on any atom is 0.244 e. The molecule has 0 atom stereocenters. The highest BCUT2D eigenvalue weighted by Gasteiger charge is 2.16. The molecule has 0 saturated heterocycles. The van der Waals surface area contributed by atoms with Gasteiger partial charge >= 0.3 is 0 Å². The first kappa shape index (κ1) is 20.5. The minimum absolute atomic E-state index is 0.0663. The molecule has 5 nitrogen and oxygen atoms in total. The molecule has 0 aliphatic carbocycles.